The molecule has 4 rings (SSSR count). The third-order valence-corrected chi connectivity index (χ3v) is 7.91. The monoisotopic (exact) mass is 542 g/mol. The first kappa shape index (κ1) is 26.4. The molecular weight excluding hydrogens is 516 g/mol. The Bertz CT molecular complexity index is 1440. The number of aryl methyl sites for hydroxylation is 2. The van der Waals surface area contributed by atoms with Crippen molar-refractivity contribution in [3.63, 3.8) is 0 Å². The summed E-state index contributed by atoms with van der Waals surface area (Å²) < 4.78 is 41.0. The van der Waals surface area contributed by atoms with Crippen LogP contribution in [-0.2, 0) is 14.6 Å². The van der Waals surface area contributed by atoms with Gasteiger partial charge in [0.1, 0.15) is 19.0 Å². The zero-order chi connectivity index (χ0) is 26.7. The highest BCUT2D eigenvalue weighted by Gasteiger charge is 2.38. The fraction of sp³-hybridized carbons (Fsp3) is 0.280. The SMILES string of the molecule is CCOc1cc(/C=C2/C(=N)N3N=C(S(C)(=O)=O)SC3=NC2=O)ccc1OCCOc1c(C)cccc1C. The molecule has 0 atom stereocenters. The first-order valence-corrected chi connectivity index (χ1v) is 14.1. The van der Waals surface area contributed by atoms with Crippen LogP contribution in [0.15, 0.2) is 52.1 Å². The normalized spacial score (nSPS) is 16.4. The molecular formula is C25H26N4O6S2. The minimum absolute atomic E-state index is 0.0269. The van der Waals surface area contributed by atoms with Gasteiger partial charge in [-0.05, 0) is 67.4 Å². The lowest BCUT2D eigenvalue weighted by atomic mass is 10.1. The lowest BCUT2D eigenvalue weighted by Crippen LogP contribution is -2.35. The van der Waals surface area contributed by atoms with Crippen molar-refractivity contribution in [1.29, 1.82) is 5.41 Å². The van der Waals surface area contributed by atoms with E-state index in [1.165, 1.54) is 6.08 Å². The summed E-state index contributed by atoms with van der Waals surface area (Å²) in [5.74, 6) is 0.904. The first-order valence-electron chi connectivity index (χ1n) is 11.4. The number of nitrogens with one attached hydrogen (secondary N) is 1. The lowest BCUT2D eigenvalue weighted by molar-refractivity contribution is -0.114. The second kappa shape index (κ2) is 10.8. The van der Waals surface area contributed by atoms with Crippen molar-refractivity contribution in [2.45, 2.75) is 20.8 Å². The summed E-state index contributed by atoms with van der Waals surface area (Å²) in [7, 11) is -3.60. The number of hydrogen-bond donors (Lipinski definition) is 1. The van der Waals surface area contributed by atoms with Gasteiger partial charge >= 0.3 is 0 Å². The maximum atomic E-state index is 12.6. The smallest absolute Gasteiger partial charge is 0.283 e. The average Bonchev–Trinajstić information content (AvgIpc) is 3.27. The van der Waals surface area contributed by atoms with Gasteiger partial charge in [0.2, 0.25) is 19.4 Å². The van der Waals surface area contributed by atoms with Crippen LogP contribution >= 0.6 is 11.8 Å². The maximum absolute atomic E-state index is 12.6. The van der Waals surface area contributed by atoms with E-state index in [9.17, 15) is 13.2 Å². The number of aliphatic imine (C=N–C) groups is 1. The topological polar surface area (TPSA) is 131 Å². The summed E-state index contributed by atoms with van der Waals surface area (Å²) in [5, 5.41) is 13.4. The number of hydrazone groups is 1. The van der Waals surface area contributed by atoms with Gasteiger partial charge in [0.25, 0.3) is 5.91 Å². The van der Waals surface area contributed by atoms with E-state index < -0.39 is 15.7 Å². The lowest BCUT2D eigenvalue weighted by Gasteiger charge is -2.20. The highest BCUT2D eigenvalue weighted by Crippen LogP contribution is 2.32. The van der Waals surface area contributed by atoms with Crippen molar-refractivity contribution in [1.82, 2.24) is 5.01 Å². The Morgan fingerprint density at radius 3 is 2.43 bits per heavy atom. The number of carbonyl (C=O) groups is 1. The number of rotatable bonds is 8. The van der Waals surface area contributed by atoms with Gasteiger partial charge in [0.15, 0.2) is 17.3 Å². The molecule has 1 amide bonds. The molecule has 0 aliphatic carbocycles. The van der Waals surface area contributed by atoms with Gasteiger partial charge in [0, 0.05) is 6.26 Å². The number of amides is 1. The summed E-state index contributed by atoms with van der Waals surface area (Å²) in [6, 6.07) is 11.1. The Balaban J connectivity index is 1.50. The van der Waals surface area contributed by atoms with Crippen molar-refractivity contribution in [2.75, 3.05) is 26.1 Å². The molecule has 2 aliphatic rings. The van der Waals surface area contributed by atoms with Crippen LogP contribution in [0.1, 0.15) is 23.6 Å². The summed E-state index contributed by atoms with van der Waals surface area (Å²) >= 11 is 0.740. The number of ether oxygens (including phenoxy) is 3. The van der Waals surface area contributed by atoms with Crippen LogP contribution in [0.4, 0.5) is 0 Å². The van der Waals surface area contributed by atoms with Crippen molar-refractivity contribution in [2.24, 2.45) is 10.1 Å². The predicted octanol–water partition coefficient (Wildman–Crippen LogP) is 3.78. The number of fused-ring (bicyclic) bond motifs is 1. The molecule has 2 aromatic rings. The van der Waals surface area contributed by atoms with E-state index in [1.807, 2.05) is 39.0 Å². The summed E-state index contributed by atoms with van der Waals surface area (Å²) in [4.78, 5) is 16.5. The van der Waals surface area contributed by atoms with Crippen molar-refractivity contribution >= 4 is 49.0 Å². The van der Waals surface area contributed by atoms with E-state index >= 15 is 0 Å². The third kappa shape index (κ3) is 5.86. The molecule has 0 fully saturated rings. The molecule has 10 nitrogen and oxygen atoms in total. The number of nitrogens with zero attached hydrogens (tertiary/aromatic N) is 3. The largest absolute Gasteiger partial charge is 0.490 e. The Labute approximate surface area is 219 Å². The predicted molar refractivity (Wildman–Crippen MR) is 144 cm³/mol. The standard InChI is InChI=1S/C25H26N4O6S2/c1-5-33-20-14-17(9-10-19(20)34-11-12-35-21-15(2)7-6-8-16(21)3)13-18-22(26)29-24(27-23(18)30)36-25(28-29)37(4,31)32/h6-10,13-14,26H,5,11-12H2,1-4H3/b18-13-,26-22?. The van der Waals surface area contributed by atoms with Gasteiger partial charge in [0.05, 0.1) is 12.2 Å². The van der Waals surface area contributed by atoms with Gasteiger partial charge in [-0.1, -0.05) is 24.3 Å². The van der Waals surface area contributed by atoms with Gasteiger partial charge in [-0.25, -0.2) is 8.42 Å². The molecule has 37 heavy (non-hydrogen) atoms. The van der Waals surface area contributed by atoms with Crippen LogP contribution in [0, 0.1) is 19.3 Å². The summed E-state index contributed by atoms with van der Waals surface area (Å²) in [5.41, 5.74) is 2.66. The number of amidine groups is 2. The molecule has 2 aliphatic heterocycles. The molecule has 194 valence electrons. The number of para-hydroxylation sites is 1. The van der Waals surface area contributed by atoms with Crippen molar-refractivity contribution < 1.29 is 27.4 Å². The van der Waals surface area contributed by atoms with Crippen molar-refractivity contribution in [3.05, 3.63) is 58.7 Å². The highest BCUT2D eigenvalue weighted by atomic mass is 32.3. The Morgan fingerprint density at radius 1 is 1.05 bits per heavy atom. The van der Waals surface area contributed by atoms with Gasteiger partial charge < -0.3 is 14.2 Å². The molecule has 2 aromatic carbocycles. The quantitative estimate of drug-likeness (QED) is 0.394. The minimum atomic E-state index is -3.60. The van der Waals surface area contributed by atoms with Crippen LogP contribution in [0.2, 0.25) is 0 Å². The number of hydrogen-bond acceptors (Lipinski definition) is 9. The van der Waals surface area contributed by atoms with E-state index in [0.717, 1.165) is 39.9 Å². The van der Waals surface area contributed by atoms with Crippen LogP contribution in [0.25, 0.3) is 6.08 Å². The van der Waals surface area contributed by atoms with E-state index in [0.29, 0.717) is 36.9 Å². The Morgan fingerprint density at radius 2 is 1.76 bits per heavy atom. The van der Waals surface area contributed by atoms with E-state index in [2.05, 4.69) is 10.1 Å². The van der Waals surface area contributed by atoms with Crippen molar-refractivity contribution in [3.8, 4) is 17.2 Å². The second-order valence-electron chi connectivity index (χ2n) is 8.22. The molecule has 0 saturated carbocycles. The highest BCUT2D eigenvalue weighted by molar-refractivity contribution is 8.42. The Kier molecular flexibility index (Phi) is 7.69. The summed E-state index contributed by atoms with van der Waals surface area (Å²) in [6.45, 7) is 6.86. The third-order valence-electron chi connectivity index (χ3n) is 5.33. The molecule has 0 radical (unpaired) electrons. The first-order chi connectivity index (χ1) is 17.6. The number of carbonyl (C=O) groups excluding carboxylic acids is 1. The summed E-state index contributed by atoms with van der Waals surface area (Å²) in [6.07, 6.45) is 2.49. The van der Waals surface area contributed by atoms with Crippen LogP contribution in [0.5, 0.6) is 17.2 Å². The van der Waals surface area contributed by atoms with Gasteiger partial charge in [-0.3, -0.25) is 10.2 Å². The fourth-order valence-electron chi connectivity index (χ4n) is 3.62. The number of sulfone groups is 1. The zero-order valence-electron chi connectivity index (χ0n) is 20.8. The average molecular weight is 543 g/mol. The zero-order valence-corrected chi connectivity index (χ0v) is 22.4. The van der Waals surface area contributed by atoms with E-state index in [1.54, 1.807) is 18.2 Å². The minimum Gasteiger partial charge on any atom is -0.490 e. The van der Waals surface area contributed by atoms with Gasteiger partial charge in [-0.15, -0.1) is 5.10 Å². The molecule has 0 saturated heterocycles. The van der Waals surface area contributed by atoms with E-state index in [4.69, 9.17) is 19.6 Å². The van der Waals surface area contributed by atoms with E-state index in [-0.39, 0.29) is 21.0 Å². The number of benzene rings is 2. The molecule has 0 aromatic heterocycles. The molecule has 2 heterocycles. The second-order valence-corrected chi connectivity index (χ2v) is 11.4. The fourth-order valence-corrected chi connectivity index (χ4v) is 5.30. The molecule has 1 N–H and O–H groups in total. The van der Waals surface area contributed by atoms with Crippen LogP contribution in [0.3, 0.4) is 0 Å². The molecule has 12 heteroatoms. The Hall–Kier alpha value is -3.64. The maximum Gasteiger partial charge on any atom is 0.283 e. The molecule has 0 unspecified atom stereocenters. The molecule has 0 bridgehead atoms. The molecule has 0 spiro atoms. The van der Waals surface area contributed by atoms with Crippen LogP contribution < -0.4 is 14.2 Å². The van der Waals surface area contributed by atoms with Gasteiger partial charge in [-0.2, -0.15) is 10.0 Å². The van der Waals surface area contributed by atoms with Crippen LogP contribution in [-0.4, -0.2) is 60.8 Å². The number of thioether (sulfide) groups is 1.